The minimum absolute atomic E-state index is 0.0662. The number of nitrogens with zero attached hydrogens (tertiary/aromatic N) is 3. The van der Waals surface area contributed by atoms with Crippen LogP contribution in [-0.2, 0) is 10.2 Å². The van der Waals surface area contributed by atoms with E-state index in [1.54, 1.807) is 12.1 Å². The summed E-state index contributed by atoms with van der Waals surface area (Å²) < 4.78 is 27.9. The van der Waals surface area contributed by atoms with Crippen molar-refractivity contribution in [2.45, 2.75) is 57.0 Å². The maximum atomic E-state index is 13.3. The molecule has 2 fully saturated rings. The number of hydrogen-bond donors (Lipinski definition) is 3. The van der Waals surface area contributed by atoms with Crippen LogP contribution in [0.1, 0.15) is 65.1 Å². The molecule has 1 aliphatic carbocycles. The average molecular weight is 553 g/mol. The molecule has 2 aromatic rings. The molecule has 0 unspecified atom stereocenters. The molecule has 1 saturated carbocycles. The van der Waals surface area contributed by atoms with Crippen LogP contribution >= 0.6 is 0 Å². The lowest BCUT2D eigenvalue weighted by Gasteiger charge is -2.32. The zero-order chi connectivity index (χ0) is 28.2. The smallest absolute Gasteiger partial charge is 0.319 e. The highest BCUT2D eigenvalue weighted by atomic mass is 32.2. The summed E-state index contributed by atoms with van der Waals surface area (Å²) in [6, 6.07) is 14.4. The molecule has 2 aliphatic rings. The topological polar surface area (TPSA) is 135 Å². The molecule has 10 nitrogen and oxygen atoms in total. The molecule has 4 rings (SSSR count). The Kier molecular flexibility index (Phi) is 8.90. The first-order chi connectivity index (χ1) is 18.6. The zero-order valence-corrected chi connectivity index (χ0v) is 23.4. The fraction of sp³-hybridized carbons (Fsp3) is 0.464. The molecule has 1 aliphatic heterocycles. The van der Waals surface area contributed by atoms with Gasteiger partial charge in [0, 0.05) is 50.5 Å². The van der Waals surface area contributed by atoms with Crippen molar-refractivity contribution in [2.24, 2.45) is 0 Å². The molecule has 2 aromatic carbocycles. The van der Waals surface area contributed by atoms with Gasteiger partial charge in [-0.15, -0.1) is 0 Å². The Labute approximate surface area is 230 Å². The summed E-state index contributed by atoms with van der Waals surface area (Å²) in [7, 11) is -0.575. The van der Waals surface area contributed by atoms with Gasteiger partial charge in [0.1, 0.15) is 0 Å². The fourth-order valence-electron chi connectivity index (χ4n) is 5.20. The highest BCUT2D eigenvalue weighted by Gasteiger charge is 2.30. The minimum atomic E-state index is -3.52. The van der Waals surface area contributed by atoms with E-state index < -0.39 is 10.2 Å². The first-order valence-corrected chi connectivity index (χ1v) is 14.7. The van der Waals surface area contributed by atoms with E-state index in [4.69, 9.17) is 5.26 Å². The standard InChI is InChI=1S/C28H36N6O4S/c1-19-4-7-23(27(35)34-14-12-22(13-15-34)21-8-5-20(18-29)6-9-21)16-26(19)31-28(36)30-24-10-11-25(17-24)32-39(37,38)33(2)3/h4-9,16,22,24-25,32H,10-15,17H2,1-3H3,(H2,30,31,36)/t24-,25-/m0/s1. The third kappa shape index (κ3) is 7.15. The average Bonchev–Trinajstić information content (AvgIpc) is 3.35. The Bertz CT molecular complexity index is 1350. The maximum absolute atomic E-state index is 13.3. The van der Waals surface area contributed by atoms with Crippen molar-refractivity contribution >= 4 is 27.8 Å². The summed E-state index contributed by atoms with van der Waals surface area (Å²) in [4.78, 5) is 27.8. The second-order valence-electron chi connectivity index (χ2n) is 10.5. The molecule has 2 atom stereocenters. The van der Waals surface area contributed by atoms with Gasteiger partial charge in [0.05, 0.1) is 11.6 Å². The van der Waals surface area contributed by atoms with Crippen molar-refractivity contribution in [3.63, 3.8) is 0 Å². The number of likely N-dealkylation sites (tertiary alicyclic amines) is 1. The van der Waals surface area contributed by atoms with E-state index in [-0.39, 0.29) is 24.0 Å². The summed E-state index contributed by atoms with van der Waals surface area (Å²) >= 11 is 0. The van der Waals surface area contributed by atoms with E-state index in [0.29, 0.717) is 55.1 Å². The van der Waals surface area contributed by atoms with Gasteiger partial charge in [-0.05, 0) is 80.3 Å². The van der Waals surface area contributed by atoms with E-state index in [1.165, 1.54) is 19.7 Å². The van der Waals surface area contributed by atoms with E-state index in [0.717, 1.165) is 22.7 Å². The lowest BCUT2D eigenvalue weighted by molar-refractivity contribution is 0.0713. The van der Waals surface area contributed by atoms with Crippen LogP contribution < -0.4 is 15.4 Å². The molecule has 39 heavy (non-hydrogen) atoms. The van der Waals surface area contributed by atoms with Crippen LogP contribution in [0, 0.1) is 18.3 Å². The third-order valence-electron chi connectivity index (χ3n) is 7.59. The van der Waals surface area contributed by atoms with Gasteiger partial charge < -0.3 is 15.5 Å². The summed E-state index contributed by atoms with van der Waals surface area (Å²) in [5, 5.41) is 14.8. The number of rotatable bonds is 7. The molecular weight excluding hydrogens is 516 g/mol. The first kappa shape index (κ1) is 28.5. The molecule has 0 aromatic heterocycles. The van der Waals surface area contributed by atoms with Crippen LogP contribution in [0.25, 0.3) is 0 Å². The monoisotopic (exact) mass is 552 g/mol. The molecule has 11 heteroatoms. The summed E-state index contributed by atoms with van der Waals surface area (Å²) in [6.45, 7) is 3.15. The molecular formula is C28H36N6O4S. The van der Waals surface area contributed by atoms with Gasteiger partial charge >= 0.3 is 6.03 Å². The third-order valence-corrected chi connectivity index (χ3v) is 9.18. The van der Waals surface area contributed by atoms with E-state index in [2.05, 4.69) is 21.4 Å². The number of anilines is 1. The molecule has 1 heterocycles. The highest BCUT2D eigenvalue weighted by molar-refractivity contribution is 7.87. The normalized spacial score (nSPS) is 20.0. The van der Waals surface area contributed by atoms with Gasteiger partial charge in [-0.25, -0.2) is 4.79 Å². The van der Waals surface area contributed by atoms with Crippen molar-refractivity contribution in [1.82, 2.24) is 19.2 Å². The molecule has 3 N–H and O–H groups in total. The summed E-state index contributed by atoms with van der Waals surface area (Å²) in [5.41, 5.74) is 3.76. The quantitative estimate of drug-likeness (QED) is 0.484. The Balaban J connectivity index is 1.31. The molecule has 208 valence electrons. The largest absolute Gasteiger partial charge is 0.339 e. The van der Waals surface area contributed by atoms with Crippen LogP contribution in [-0.4, -0.2) is 68.8 Å². The minimum Gasteiger partial charge on any atom is -0.339 e. The van der Waals surface area contributed by atoms with Crippen LogP contribution in [0.15, 0.2) is 42.5 Å². The SMILES string of the molecule is Cc1ccc(C(=O)N2CCC(c3ccc(C#N)cc3)CC2)cc1NC(=O)N[C@H]1CC[C@H](NS(=O)(=O)N(C)C)C1. The predicted octanol–water partition coefficient (Wildman–Crippen LogP) is 3.33. The Morgan fingerprint density at radius 3 is 2.31 bits per heavy atom. The second-order valence-corrected chi connectivity index (χ2v) is 12.5. The Hall–Kier alpha value is -3.46. The van der Waals surface area contributed by atoms with Crippen LogP contribution in [0.2, 0.25) is 0 Å². The lowest BCUT2D eigenvalue weighted by atomic mass is 9.89. The van der Waals surface area contributed by atoms with Gasteiger partial charge in [-0.1, -0.05) is 18.2 Å². The van der Waals surface area contributed by atoms with Gasteiger partial charge in [0.25, 0.3) is 16.1 Å². The molecule has 1 saturated heterocycles. The van der Waals surface area contributed by atoms with Crippen molar-refractivity contribution in [3.05, 3.63) is 64.7 Å². The van der Waals surface area contributed by atoms with Crippen molar-refractivity contribution in [3.8, 4) is 6.07 Å². The van der Waals surface area contributed by atoms with Gasteiger partial charge in [-0.3, -0.25) is 4.79 Å². The Morgan fingerprint density at radius 2 is 1.67 bits per heavy atom. The number of amides is 3. The van der Waals surface area contributed by atoms with Crippen LogP contribution in [0.4, 0.5) is 10.5 Å². The maximum Gasteiger partial charge on any atom is 0.319 e. The lowest BCUT2D eigenvalue weighted by Crippen LogP contribution is -2.42. The number of piperidine rings is 1. The van der Waals surface area contributed by atoms with Gasteiger partial charge in [0.2, 0.25) is 0 Å². The van der Waals surface area contributed by atoms with Gasteiger partial charge in [-0.2, -0.15) is 22.7 Å². The number of nitriles is 1. The van der Waals surface area contributed by atoms with Crippen molar-refractivity contribution in [2.75, 3.05) is 32.5 Å². The van der Waals surface area contributed by atoms with Crippen molar-refractivity contribution in [1.29, 1.82) is 5.26 Å². The molecule has 3 amide bonds. The highest BCUT2D eigenvalue weighted by Crippen LogP contribution is 2.29. The summed E-state index contributed by atoms with van der Waals surface area (Å²) in [5.74, 6) is 0.289. The first-order valence-electron chi connectivity index (χ1n) is 13.2. The second kappa shape index (κ2) is 12.2. The predicted molar refractivity (Wildman–Crippen MR) is 150 cm³/mol. The van der Waals surface area contributed by atoms with E-state index >= 15 is 0 Å². The molecule has 0 radical (unpaired) electrons. The van der Waals surface area contributed by atoms with Gasteiger partial charge in [0.15, 0.2) is 0 Å². The number of benzene rings is 2. The van der Waals surface area contributed by atoms with E-state index in [9.17, 15) is 18.0 Å². The summed E-state index contributed by atoms with van der Waals surface area (Å²) in [6.07, 6.45) is 3.53. The van der Waals surface area contributed by atoms with Crippen molar-refractivity contribution < 1.29 is 18.0 Å². The number of nitrogens with one attached hydrogen (secondary N) is 3. The number of carbonyl (C=O) groups is 2. The number of carbonyl (C=O) groups excluding carboxylic acids is 2. The zero-order valence-electron chi connectivity index (χ0n) is 22.6. The number of aryl methyl sites for hydroxylation is 1. The molecule has 0 bridgehead atoms. The van der Waals surface area contributed by atoms with Crippen LogP contribution in [0.5, 0.6) is 0 Å². The number of urea groups is 1. The van der Waals surface area contributed by atoms with Crippen LogP contribution in [0.3, 0.4) is 0 Å². The van der Waals surface area contributed by atoms with E-state index in [1.807, 2.05) is 42.2 Å². The fourth-order valence-corrected chi connectivity index (χ4v) is 6.04. The molecule has 0 spiro atoms. The number of hydrogen-bond acceptors (Lipinski definition) is 5. The Morgan fingerprint density at radius 1 is 1.00 bits per heavy atom.